The van der Waals surface area contributed by atoms with Crippen LogP contribution in [0.5, 0.6) is 11.5 Å². The monoisotopic (exact) mass is 498 g/mol. The molecule has 0 unspecified atom stereocenters. The fourth-order valence-corrected chi connectivity index (χ4v) is 3.92. The average Bonchev–Trinajstić information content (AvgIpc) is 3.38. The predicted octanol–water partition coefficient (Wildman–Crippen LogP) is 1.71. The molecule has 4 aromatic rings. The van der Waals surface area contributed by atoms with Crippen molar-refractivity contribution in [2.75, 3.05) is 28.2 Å². The number of carbonyl (C=O) groups is 1. The number of H-pyrrole nitrogens is 2. The highest BCUT2D eigenvalue weighted by molar-refractivity contribution is 5.93. The zero-order valence-corrected chi connectivity index (χ0v) is 20.4. The van der Waals surface area contributed by atoms with Crippen molar-refractivity contribution in [2.24, 2.45) is 0 Å². The van der Waals surface area contributed by atoms with Crippen LogP contribution in [0, 0.1) is 0 Å². The number of hydrogen-bond acceptors (Lipinski definition) is 9. The van der Waals surface area contributed by atoms with E-state index in [2.05, 4.69) is 9.97 Å². The molecule has 192 valence electrons. The van der Waals surface area contributed by atoms with E-state index in [-0.39, 0.29) is 24.3 Å². The standard InChI is InChI=1S/C25H30N4O7/c1-28(2)24(31,32)11-15-13-26-17-7-5-9-19(21(15)17)35-23(30)36-20-10-6-8-18-22(20)16(14-27-18)12-25(33,34)29(3)4/h5-10,13-14,26-27,31-34H,11-12H2,1-4H3. The Bertz CT molecular complexity index is 1280. The molecule has 36 heavy (non-hydrogen) atoms. The minimum absolute atomic E-state index is 0.141. The molecule has 2 aromatic carbocycles. The Morgan fingerprint density at radius 3 is 1.50 bits per heavy atom. The number of aliphatic hydroxyl groups is 4. The highest BCUT2D eigenvalue weighted by Crippen LogP contribution is 2.34. The Labute approximate surface area is 207 Å². The Balaban J connectivity index is 1.62. The summed E-state index contributed by atoms with van der Waals surface area (Å²) in [5.74, 6) is -3.85. The second-order valence-electron chi connectivity index (χ2n) is 9.13. The lowest BCUT2D eigenvalue weighted by molar-refractivity contribution is -0.247. The average molecular weight is 499 g/mol. The normalized spacial score (nSPS) is 12.7. The summed E-state index contributed by atoms with van der Waals surface area (Å²) in [7, 11) is 6.15. The number of ether oxygens (including phenoxy) is 2. The minimum atomic E-state index is -2.11. The van der Waals surface area contributed by atoms with Crippen LogP contribution in [-0.2, 0) is 12.8 Å². The summed E-state index contributed by atoms with van der Waals surface area (Å²) in [4.78, 5) is 21.5. The molecule has 0 atom stereocenters. The SMILES string of the molecule is CN(C)C(O)(O)Cc1c[nH]c2cccc(OC(=O)Oc3cccc4[nH]cc(CC(O)(O)N(C)C)c34)c12. The lowest BCUT2D eigenvalue weighted by atomic mass is 10.1. The van der Waals surface area contributed by atoms with Crippen molar-refractivity contribution in [3.05, 3.63) is 59.9 Å². The van der Waals surface area contributed by atoms with Gasteiger partial charge in [0.25, 0.3) is 0 Å². The number of benzene rings is 2. The van der Waals surface area contributed by atoms with Gasteiger partial charge in [0.2, 0.25) is 11.8 Å². The van der Waals surface area contributed by atoms with Crippen LogP contribution in [-0.4, -0.2) is 86.4 Å². The van der Waals surface area contributed by atoms with Gasteiger partial charge in [-0.2, -0.15) is 0 Å². The van der Waals surface area contributed by atoms with Crippen LogP contribution < -0.4 is 9.47 Å². The summed E-state index contributed by atoms with van der Waals surface area (Å²) in [5.41, 5.74) is 2.36. The number of likely N-dealkylation sites (N-methyl/N-ethyl adjacent to an activating group) is 2. The molecule has 0 spiro atoms. The molecule has 6 N–H and O–H groups in total. The van der Waals surface area contributed by atoms with Crippen LogP contribution in [0.15, 0.2) is 48.8 Å². The van der Waals surface area contributed by atoms with Gasteiger partial charge < -0.3 is 39.9 Å². The molecule has 0 radical (unpaired) electrons. The molecule has 0 saturated carbocycles. The maximum Gasteiger partial charge on any atom is 0.519 e. The smallest absolute Gasteiger partial charge is 0.394 e. The summed E-state index contributed by atoms with van der Waals surface area (Å²) in [6.07, 6.45) is 1.96. The Morgan fingerprint density at radius 2 is 1.14 bits per heavy atom. The zero-order valence-electron chi connectivity index (χ0n) is 20.4. The Hall–Kier alpha value is -3.45. The van der Waals surface area contributed by atoms with Crippen molar-refractivity contribution in [3.8, 4) is 11.5 Å². The van der Waals surface area contributed by atoms with Gasteiger partial charge in [-0.15, -0.1) is 0 Å². The quantitative estimate of drug-likeness (QED) is 0.121. The highest BCUT2D eigenvalue weighted by atomic mass is 16.7. The first kappa shape index (κ1) is 25.6. The Kier molecular flexibility index (Phi) is 6.80. The number of rotatable bonds is 8. The summed E-state index contributed by atoms with van der Waals surface area (Å²) in [5, 5.41) is 42.2. The molecule has 0 aliphatic rings. The predicted molar refractivity (Wildman–Crippen MR) is 132 cm³/mol. The number of nitrogens with zero attached hydrogens (tertiary/aromatic N) is 2. The molecule has 0 bridgehead atoms. The minimum Gasteiger partial charge on any atom is -0.394 e. The summed E-state index contributed by atoms with van der Waals surface area (Å²) in [6.45, 7) is 0. The largest absolute Gasteiger partial charge is 0.519 e. The van der Waals surface area contributed by atoms with E-state index in [1.54, 1.807) is 48.8 Å². The maximum absolute atomic E-state index is 12.8. The first-order valence-electron chi connectivity index (χ1n) is 11.2. The van der Waals surface area contributed by atoms with Crippen LogP contribution >= 0.6 is 0 Å². The summed E-state index contributed by atoms with van der Waals surface area (Å²) in [6, 6.07) is 10.1. The molecule has 2 heterocycles. The lowest BCUT2D eigenvalue weighted by Crippen LogP contribution is -2.45. The number of fused-ring (bicyclic) bond motifs is 2. The summed E-state index contributed by atoms with van der Waals surface area (Å²) >= 11 is 0. The van der Waals surface area contributed by atoms with Crippen LogP contribution in [0.3, 0.4) is 0 Å². The molecular weight excluding hydrogens is 468 g/mol. The molecular formula is C25H30N4O7. The van der Waals surface area contributed by atoms with Gasteiger partial charge in [0.1, 0.15) is 11.5 Å². The van der Waals surface area contributed by atoms with Crippen molar-refractivity contribution in [1.82, 2.24) is 19.8 Å². The first-order chi connectivity index (χ1) is 16.9. The van der Waals surface area contributed by atoms with Gasteiger partial charge in [-0.1, -0.05) is 12.1 Å². The topological polar surface area (TPSA) is 155 Å². The van der Waals surface area contributed by atoms with Gasteiger partial charge in [0.15, 0.2) is 0 Å². The van der Waals surface area contributed by atoms with E-state index in [9.17, 15) is 25.2 Å². The number of aromatic nitrogens is 2. The molecule has 0 aliphatic heterocycles. The summed E-state index contributed by atoms with van der Waals surface area (Å²) < 4.78 is 11.1. The number of carbonyl (C=O) groups excluding carboxylic acids is 1. The van der Waals surface area contributed by atoms with E-state index >= 15 is 0 Å². The van der Waals surface area contributed by atoms with Crippen molar-refractivity contribution in [1.29, 1.82) is 0 Å². The van der Waals surface area contributed by atoms with Gasteiger partial charge in [0.05, 0.1) is 0 Å². The zero-order chi connectivity index (χ0) is 26.3. The van der Waals surface area contributed by atoms with E-state index in [1.165, 1.54) is 38.0 Å². The van der Waals surface area contributed by atoms with Gasteiger partial charge in [-0.05, 0) is 63.6 Å². The maximum atomic E-state index is 12.8. The fourth-order valence-electron chi connectivity index (χ4n) is 3.92. The van der Waals surface area contributed by atoms with Gasteiger partial charge >= 0.3 is 6.16 Å². The molecule has 0 aliphatic carbocycles. The second-order valence-corrected chi connectivity index (χ2v) is 9.13. The molecule has 2 aromatic heterocycles. The van der Waals surface area contributed by atoms with E-state index in [0.717, 1.165) is 0 Å². The number of nitrogens with one attached hydrogen (secondary N) is 2. The first-order valence-corrected chi connectivity index (χ1v) is 11.2. The third-order valence-corrected chi connectivity index (χ3v) is 6.17. The van der Waals surface area contributed by atoms with Crippen molar-refractivity contribution in [3.63, 3.8) is 0 Å². The lowest BCUT2D eigenvalue weighted by Gasteiger charge is -2.28. The third kappa shape index (κ3) is 5.07. The fraction of sp³-hybridized carbons (Fsp3) is 0.320. The molecule has 0 fully saturated rings. The van der Waals surface area contributed by atoms with Crippen LogP contribution in [0.4, 0.5) is 4.79 Å². The number of aromatic amines is 2. The van der Waals surface area contributed by atoms with Gasteiger partial charge in [-0.3, -0.25) is 9.80 Å². The molecule has 0 amide bonds. The van der Waals surface area contributed by atoms with E-state index in [1.807, 2.05) is 0 Å². The van der Waals surface area contributed by atoms with E-state index in [4.69, 9.17) is 9.47 Å². The highest BCUT2D eigenvalue weighted by Gasteiger charge is 2.30. The van der Waals surface area contributed by atoms with Crippen molar-refractivity contribution >= 4 is 28.0 Å². The third-order valence-electron chi connectivity index (χ3n) is 6.17. The van der Waals surface area contributed by atoms with Gasteiger partial charge in [0, 0.05) is 47.0 Å². The van der Waals surface area contributed by atoms with Crippen LogP contribution in [0.1, 0.15) is 11.1 Å². The second kappa shape index (κ2) is 9.54. The van der Waals surface area contributed by atoms with Crippen molar-refractivity contribution in [2.45, 2.75) is 24.7 Å². The van der Waals surface area contributed by atoms with E-state index in [0.29, 0.717) is 32.9 Å². The molecule has 0 saturated heterocycles. The molecule has 4 rings (SSSR count). The molecule has 11 heteroatoms. The van der Waals surface area contributed by atoms with Crippen LogP contribution in [0.2, 0.25) is 0 Å². The van der Waals surface area contributed by atoms with Crippen molar-refractivity contribution < 1.29 is 34.7 Å². The molecule has 11 nitrogen and oxygen atoms in total. The van der Waals surface area contributed by atoms with Gasteiger partial charge in [-0.25, -0.2) is 4.79 Å². The van der Waals surface area contributed by atoms with E-state index < -0.39 is 18.0 Å². The number of hydrogen-bond donors (Lipinski definition) is 6. The Morgan fingerprint density at radius 1 is 0.750 bits per heavy atom. The van der Waals surface area contributed by atoms with Crippen LogP contribution in [0.25, 0.3) is 21.8 Å².